The molecule has 0 bridgehead atoms. The van der Waals surface area contributed by atoms with Crippen LogP contribution in [0.15, 0.2) is 11.2 Å². The largest absolute Gasteiger partial charge is 2.00 e. The average Bonchev–Trinajstić information content (AvgIpc) is 1.86. The van der Waals surface area contributed by atoms with Gasteiger partial charge in [-0.3, -0.25) is 0 Å². The van der Waals surface area contributed by atoms with Crippen molar-refractivity contribution in [1.82, 2.24) is 9.97 Å². The Balaban J connectivity index is 0.00000121. The first-order valence-corrected chi connectivity index (χ1v) is 4.81. The fourth-order valence-electron chi connectivity index (χ4n) is 0.555. The van der Waals surface area contributed by atoms with Crippen LogP contribution in [-0.2, 0) is 28.4 Å². The van der Waals surface area contributed by atoms with Crippen LogP contribution in [0.25, 0.3) is 0 Å². The fourth-order valence-corrected chi connectivity index (χ4v) is 1.08. The molecule has 0 atom stereocenters. The van der Waals surface area contributed by atoms with Gasteiger partial charge in [0.1, 0.15) is 5.16 Å². The first-order chi connectivity index (χ1) is 5.00. The van der Waals surface area contributed by atoms with Gasteiger partial charge in [-0.05, 0) is 0 Å². The Kier molecular flexibility index (Phi) is 3.89. The molecule has 0 spiro atoms. The molecule has 6 heteroatoms. The minimum absolute atomic E-state index is 0. The van der Waals surface area contributed by atoms with Gasteiger partial charge in [0.05, 0.1) is 0 Å². The molecule has 1 aromatic heterocycles. The van der Waals surface area contributed by atoms with Gasteiger partial charge in [0, 0.05) is 6.26 Å². The predicted octanol–water partition coefficient (Wildman–Crippen LogP) is -0.0138. The maximum absolute atomic E-state index is 10.8. The van der Waals surface area contributed by atoms with Crippen molar-refractivity contribution in [2.24, 2.45) is 0 Å². The standard InChI is InChI=1S/C6H7N2O2S.V/c1-5-3-4-7-6(8-5)11(2,9)10;/h3H,1-2H3;/q-1;+2. The second kappa shape index (κ2) is 4.02. The van der Waals surface area contributed by atoms with Crippen LogP contribution < -0.4 is 0 Å². The third-order valence-electron chi connectivity index (χ3n) is 1.04. The van der Waals surface area contributed by atoms with Crippen LogP contribution in [0.2, 0.25) is 0 Å². The molecule has 0 aromatic carbocycles. The van der Waals surface area contributed by atoms with E-state index in [1.165, 1.54) is 6.07 Å². The second-order valence-electron chi connectivity index (χ2n) is 2.19. The van der Waals surface area contributed by atoms with E-state index in [4.69, 9.17) is 0 Å². The molecule has 0 aliphatic heterocycles. The Hall–Kier alpha value is -0.386. The van der Waals surface area contributed by atoms with Gasteiger partial charge in [-0.1, -0.05) is 18.8 Å². The van der Waals surface area contributed by atoms with Crippen LogP contribution in [0.1, 0.15) is 5.69 Å². The summed E-state index contributed by atoms with van der Waals surface area (Å²) in [5, 5.41) is -0.169. The minimum atomic E-state index is -3.28. The topological polar surface area (TPSA) is 59.9 Å². The van der Waals surface area contributed by atoms with Crippen molar-refractivity contribution in [3.8, 4) is 0 Å². The quantitative estimate of drug-likeness (QED) is 0.495. The van der Waals surface area contributed by atoms with E-state index in [2.05, 4.69) is 16.2 Å². The SMILES string of the molecule is Cc1c[c-]nc(S(C)(=O)=O)n1.[V+2]. The van der Waals surface area contributed by atoms with Crippen molar-refractivity contribution in [2.45, 2.75) is 12.1 Å². The zero-order valence-corrected chi connectivity index (χ0v) is 8.86. The molecule has 12 heavy (non-hydrogen) atoms. The zero-order chi connectivity index (χ0) is 8.48. The first kappa shape index (κ1) is 11.6. The van der Waals surface area contributed by atoms with Crippen molar-refractivity contribution < 1.29 is 27.0 Å². The van der Waals surface area contributed by atoms with Crippen LogP contribution in [0, 0.1) is 13.1 Å². The Morgan fingerprint density at radius 2 is 2.08 bits per heavy atom. The molecule has 4 nitrogen and oxygen atoms in total. The summed E-state index contributed by atoms with van der Waals surface area (Å²) in [7, 11) is -3.28. The van der Waals surface area contributed by atoms with Crippen LogP contribution in [-0.4, -0.2) is 24.6 Å². The Morgan fingerprint density at radius 3 is 2.42 bits per heavy atom. The molecule has 0 fully saturated rings. The summed E-state index contributed by atoms with van der Waals surface area (Å²) in [6.45, 7) is 1.69. The van der Waals surface area contributed by atoms with Gasteiger partial charge in [0.15, 0.2) is 9.84 Å². The molecule has 63 valence electrons. The average molecular weight is 222 g/mol. The van der Waals surface area contributed by atoms with Gasteiger partial charge in [-0.2, -0.15) is 0 Å². The molecule has 0 N–H and O–H groups in total. The molecule has 0 amide bonds. The van der Waals surface area contributed by atoms with E-state index in [1.54, 1.807) is 6.92 Å². The summed E-state index contributed by atoms with van der Waals surface area (Å²) in [6, 6.07) is 1.52. The second-order valence-corrected chi connectivity index (χ2v) is 4.10. The van der Waals surface area contributed by atoms with Crippen LogP contribution in [0.5, 0.6) is 0 Å². The van der Waals surface area contributed by atoms with Gasteiger partial charge in [-0.15, -0.1) is 6.07 Å². The van der Waals surface area contributed by atoms with Gasteiger partial charge in [0.2, 0.25) is 0 Å². The Labute approximate surface area is 83.2 Å². The minimum Gasteiger partial charge on any atom is -0.360 e. The molecule has 0 saturated heterocycles. The number of nitrogens with zero attached hydrogens (tertiary/aromatic N) is 2. The molecule has 1 heterocycles. The molecule has 0 aliphatic rings. The van der Waals surface area contributed by atoms with E-state index in [1.807, 2.05) is 0 Å². The van der Waals surface area contributed by atoms with Gasteiger partial charge >= 0.3 is 18.6 Å². The smallest absolute Gasteiger partial charge is 0.360 e. The predicted molar refractivity (Wildman–Crippen MR) is 38.7 cm³/mol. The van der Waals surface area contributed by atoms with E-state index in [-0.39, 0.29) is 23.7 Å². The van der Waals surface area contributed by atoms with E-state index < -0.39 is 9.84 Å². The van der Waals surface area contributed by atoms with Gasteiger partial charge < -0.3 is 9.97 Å². The Morgan fingerprint density at radius 1 is 1.50 bits per heavy atom. The summed E-state index contributed by atoms with van der Waals surface area (Å²) in [6.07, 6.45) is 3.51. The zero-order valence-electron chi connectivity index (χ0n) is 6.64. The van der Waals surface area contributed by atoms with Crippen molar-refractivity contribution in [3.63, 3.8) is 0 Å². The van der Waals surface area contributed by atoms with E-state index in [9.17, 15) is 8.42 Å². The third kappa shape index (κ3) is 2.93. The Bertz CT molecular complexity index is 364. The van der Waals surface area contributed by atoms with Crippen molar-refractivity contribution in [3.05, 3.63) is 18.0 Å². The monoisotopic (exact) mass is 222 g/mol. The first-order valence-electron chi connectivity index (χ1n) is 2.92. The molecule has 1 aromatic rings. The number of aryl methyl sites for hydroxylation is 1. The molecule has 0 saturated carbocycles. The van der Waals surface area contributed by atoms with Crippen LogP contribution in [0.4, 0.5) is 0 Å². The van der Waals surface area contributed by atoms with E-state index >= 15 is 0 Å². The number of hydrogen-bond acceptors (Lipinski definition) is 4. The van der Waals surface area contributed by atoms with Crippen molar-refractivity contribution >= 4 is 9.84 Å². The number of aromatic nitrogens is 2. The summed E-state index contributed by atoms with van der Waals surface area (Å²) in [4.78, 5) is 7.20. The van der Waals surface area contributed by atoms with Gasteiger partial charge in [-0.25, -0.2) is 8.42 Å². The maximum atomic E-state index is 10.8. The molecule has 1 rings (SSSR count). The molecule has 0 aliphatic carbocycles. The fraction of sp³-hybridized carbons (Fsp3) is 0.333. The molecule has 1 radical (unpaired) electrons. The van der Waals surface area contributed by atoms with Crippen molar-refractivity contribution in [1.29, 1.82) is 0 Å². The maximum Gasteiger partial charge on any atom is 2.00 e. The van der Waals surface area contributed by atoms with Crippen LogP contribution >= 0.6 is 0 Å². The summed E-state index contributed by atoms with van der Waals surface area (Å²) in [5.74, 6) is 0. The summed E-state index contributed by atoms with van der Waals surface area (Å²) in [5.41, 5.74) is 0.598. The van der Waals surface area contributed by atoms with Gasteiger partial charge in [0.25, 0.3) is 0 Å². The summed E-state index contributed by atoms with van der Waals surface area (Å²) < 4.78 is 21.7. The van der Waals surface area contributed by atoms with E-state index in [0.717, 1.165) is 6.26 Å². The molecular weight excluding hydrogens is 215 g/mol. The number of sulfone groups is 1. The summed E-state index contributed by atoms with van der Waals surface area (Å²) >= 11 is 0. The van der Waals surface area contributed by atoms with Crippen molar-refractivity contribution in [2.75, 3.05) is 6.26 Å². The normalized spacial score (nSPS) is 10.5. The molecule has 0 unspecified atom stereocenters. The molecular formula is C6H7N2O2SV+. The third-order valence-corrected chi connectivity index (χ3v) is 1.88. The van der Waals surface area contributed by atoms with Crippen LogP contribution in [0.3, 0.4) is 0 Å². The van der Waals surface area contributed by atoms with E-state index in [0.29, 0.717) is 5.69 Å². The number of rotatable bonds is 1. The number of hydrogen-bond donors (Lipinski definition) is 0.